The second kappa shape index (κ2) is 6.41. The van der Waals surface area contributed by atoms with Gasteiger partial charge in [0.05, 0.1) is 5.54 Å². The summed E-state index contributed by atoms with van der Waals surface area (Å²) in [7, 11) is 0. The number of amides is 2. The molecule has 22 heavy (non-hydrogen) atoms. The van der Waals surface area contributed by atoms with Gasteiger partial charge in [-0.25, -0.2) is 4.79 Å². The fraction of sp³-hybridized carbons (Fsp3) is 0.278. The van der Waals surface area contributed by atoms with Crippen molar-refractivity contribution in [2.45, 2.75) is 24.8 Å². The third-order valence-corrected chi connectivity index (χ3v) is 4.25. The summed E-state index contributed by atoms with van der Waals surface area (Å²) < 4.78 is 0. The summed E-state index contributed by atoms with van der Waals surface area (Å²) in [6.07, 6.45) is 2.77. The molecule has 114 valence electrons. The van der Waals surface area contributed by atoms with E-state index >= 15 is 0 Å². The van der Waals surface area contributed by atoms with Crippen molar-refractivity contribution in [2.75, 3.05) is 6.54 Å². The van der Waals surface area contributed by atoms with Gasteiger partial charge < -0.3 is 10.6 Å². The number of carbonyl (C=O) groups excluding carboxylic acids is 1. The molecule has 4 heteroatoms. The number of hydrogen-bond donors (Lipinski definition) is 2. The molecule has 1 fully saturated rings. The second-order valence-corrected chi connectivity index (χ2v) is 6.15. The van der Waals surface area contributed by atoms with Gasteiger partial charge in [0, 0.05) is 11.6 Å². The maximum atomic E-state index is 12.1. The van der Waals surface area contributed by atoms with Crippen LogP contribution in [0.5, 0.6) is 0 Å². The first-order valence-electron chi connectivity index (χ1n) is 7.54. The SMILES string of the molecule is O=C(NCCc1cccc(Cl)c1)NC1(c2ccccc2)CC1. The van der Waals surface area contributed by atoms with Gasteiger partial charge in [0.1, 0.15) is 0 Å². The Morgan fingerprint density at radius 3 is 2.55 bits per heavy atom. The smallest absolute Gasteiger partial charge is 0.315 e. The lowest BCUT2D eigenvalue weighted by molar-refractivity contribution is 0.236. The van der Waals surface area contributed by atoms with Crippen molar-refractivity contribution in [1.82, 2.24) is 10.6 Å². The van der Waals surface area contributed by atoms with Crippen LogP contribution in [0.2, 0.25) is 5.02 Å². The third-order valence-electron chi connectivity index (χ3n) is 4.02. The van der Waals surface area contributed by atoms with E-state index in [1.54, 1.807) is 0 Å². The molecule has 2 amide bonds. The van der Waals surface area contributed by atoms with E-state index in [1.807, 2.05) is 42.5 Å². The van der Waals surface area contributed by atoms with Gasteiger partial charge in [-0.3, -0.25) is 0 Å². The molecule has 0 spiro atoms. The Morgan fingerprint density at radius 2 is 1.86 bits per heavy atom. The van der Waals surface area contributed by atoms with E-state index in [9.17, 15) is 4.79 Å². The van der Waals surface area contributed by atoms with Crippen LogP contribution in [0.3, 0.4) is 0 Å². The van der Waals surface area contributed by atoms with Crippen molar-refractivity contribution in [2.24, 2.45) is 0 Å². The number of urea groups is 1. The van der Waals surface area contributed by atoms with Crippen LogP contribution in [0.25, 0.3) is 0 Å². The Bertz CT molecular complexity index is 653. The molecule has 3 rings (SSSR count). The van der Waals surface area contributed by atoms with Crippen LogP contribution < -0.4 is 10.6 Å². The first kappa shape index (κ1) is 14.9. The maximum Gasteiger partial charge on any atom is 0.315 e. The predicted molar refractivity (Wildman–Crippen MR) is 89.0 cm³/mol. The molecule has 2 aromatic rings. The van der Waals surface area contributed by atoms with Crippen molar-refractivity contribution in [3.63, 3.8) is 0 Å². The van der Waals surface area contributed by atoms with E-state index in [0.717, 1.165) is 29.8 Å². The van der Waals surface area contributed by atoms with Gasteiger partial charge in [-0.15, -0.1) is 0 Å². The molecule has 0 radical (unpaired) electrons. The lowest BCUT2D eigenvalue weighted by Gasteiger charge is -2.18. The highest BCUT2D eigenvalue weighted by atomic mass is 35.5. The molecule has 2 N–H and O–H groups in total. The number of benzene rings is 2. The average Bonchev–Trinajstić information content (AvgIpc) is 3.29. The lowest BCUT2D eigenvalue weighted by atomic mass is 10.1. The number of halogens is 1. The number of nitrogens with one attached hydrogen (secondary N) is 2. The predicted octanol–water partition coefficient (Wildman–Crippen LogP) is 3.87. The van der Waals surface area contributed by atoms with Crippen molar-refractivity contribution >= 4 is 17.6 Å². The van der Waals surface area contributed by atoms with Crippen molar-refractivity contribution in [3.8, 4) is 0 Å². The Hall–Kier alpha value is -2.00. The number of rotatable bonds is 5. The van der Waals surface area contributed by atoms with E-state index < -0.39 is 0 Å². The normalized spacial score (nSPS) is 15.1. The van der Waals surface area contributed by atoms with Crippen molar-refractivity contribution < 1.29 is 4.79 Å². The molecular formula is C18H19ClN2O. The van der Waals surface area contributed by atoms with Crippen LogP contribution in [0.15, 0.2) is 54.6 Å². The molecule has 0 saturated heterocycles. The van der Waals surface area contributed by atoms with Crippen LogP contribution in [-0.2, 0) is 12.0 Å². The standard InChI is InChI=1S/C18H19ClN2O/c19-16-8-4-5-14(13-16)9-12-20-17(22)21-18(10-11-18)15-6-2-1-3-7-15/h1-8,13H,9-12H2,(H2,20,21,22). The van der Waals surface area contributed by atoms with E-state index in [4.69, 9.17) is 11.6 Å². The molecule has 0 bridgehead atoms. The summed E-state index contributed by atoms with van der Waals surface area (Å²) in [4.78, 5) is 12.1. The molecule has 1 aliphatic carbocycles. The van der Waals surface area contributed by atoms with E-state index in [0.29, 0.717) is 6.54 Å². The lowest BCUT2D eigenvalue weighted by Crippen LogP contribution is -2.42. The van der Waals surface area contributed by atoms with Gasteiger partial charge in [-0.2, -0.15) is 0 Å². The minimum Gasteiger partial charge on any atom is -0.338 e. The molecule has 0 aliphatic heterocycles. The minimum absolute atomic E-state index is 0.108. The van der Waals surface area contributed by atoms with E-state index in [2.05, 4.69) is 22.8 Å². The second-order valence-electron chi connectivity index (χ2n) is 5.71. The quantitative estimate of drug-likeness (QED) is 0.864. The Kier molecular flexibility index (Phi) is 4.34. The molecule has 0 aromatic heterocycles. The monoisotopic (exact) mass is 314 g/mol. The number of hydrogen-bond acceptors (Lipinski definition) is 1. The zero-order chi connectivity index (χ0) is 15.4. The van der Waals surface area contributed by atoms with Crippen LogP contribution in [-0.4, -0.2) is 12.6 Å². The largest absolute Gasteiger partial charge is 0.338 e. The van der Waals surface area contributed by atoms with Crippen molar-refractivity contribution in [1.29, 1.82) is 0 Å². The minimum atomic E-state index is -0.165. The van der Waals surface area contributed by atoms with Crippen LogP contribution >= 0.6 is 11.6 Å². The molecule has 1 aliphatic rings. The Balaban J connectivity index is 1.49. The highest BCUT2D eigenvalue weighted by Crippen LogP contribution is 2.45. The first-order chi connectivity index (χ1) is 10.7. The molecular weight excluding hydrogens is 296 g/mol. The average molecular weight is 315 g/mol. The molecule has 0 atom stereocenters. The fourth-order valence-electron chi connectivity index (χ4n) is 2.64. The van der Waals surface area contributed by atoms with Gasteiger partial charge >= 0.3 is 6.03 Å². The number of carbonyl (C=O) groups is 1. The van der Waals surface area contributed by atoms with E-state index in [1.165, 1.54) is 5.56 Å². The first-order valence-corrected chi connectivity index (χ1v) is 7.92. The molecule has 3 nitrogen and oxygen atoms in total. The summed E-state index contributed by atoms with van der Waals surface area (Å²) in [6.45, 7) is 0.594. The third kappa shape index (κ3) is 3.60. The van der Waals surface area contributed by atoms with Crippen LogP contribution in [0.4, 0.5) is 4.79 Å². The Morgan fingerprint density at radius 1 is 1.09 bits per heavy atom. The van der Waals surface area contributed by atoms with Crippen molar-refractivity contribution in [3.05, 3.63) is 70.7 Å². The summed E-state index contributed by atoms with van der Waals surface area (Å²) in [5, 5.41) is 6.75. The summed E-state index contributed by atoms with van der Waals surface area (Å²) >= 11 is 5.95. The molecule has 0 heterocycles. The topological polar surface area (TPSA) is 41.1 Å². The van der Waals surface area contributed by atoms with Gasteiger partial charge in [0.25, 0.3) is 0 Å². The highest BCUT2D eigenvalue weighted by molar-refractivity contribution is 6.30. The zero-order valence-corrected chi connectivity index (χ0v) is 13.1. The van der Waals surface area contributed by atoms with Gasteiger partial charge in [-0.05, 0) is 42.5 Å². The fourth-order valence-corrected chi connectivity index (χ4v) is 2.86. The van der Waals surface area contributed by atoms with Gasteiger partial charge in [0.2, 0.25) is 0 Å². The summed E-state index contributed by atoms with van der Waals surface area (Å²) in [5.41, 5.74) is 2.14. The molecule has 0 unspecified atom stereocenters. The van der Waals surface area contributed by atoms with Crippen LogP contribution in [0, 0.1) is 0 Å². The molecule has 1 saturated carbocycles. The Labute approximate surface area is 135 Å². The zero-order valence-electron chi connectivity index (χ0n) is 12.3. The maximum absolute atomic E-state index is 12.1. The van der Waals surface area contributed by atoms with Crippen LogP contribution in [0.1, 0.15) is 24.0 Å². The van der Waals surface area contributed by atoms with E-state index in [-0.39, 0.29) is 11.6 Å². The summed E-state index contributed by atoms with van der Waals surface area (Å²) in [6, 6.07) is 17.7. The molecule has 2 aromatic carbocycles. The highest BCUT2D eigenvalue weighted by Gasteiger charge is 2.45. The summed E-state index contributed by atoms with van der Waals surface area (Å²) in [5.74, 6) is 0. The van der Waals surface area contributed by atoms with Gasteiger partial charge in [-0.1, -0.05) is 54.1 Å². The van der Waals surface area contributed by atoms with Gasteiger partial charge in [0.15, 0.2) is 0 Å².